The first kappa shape index (κ1) is 20.1. The number of amides is 1. The van der Waals surface area contributed by atoms with Crippen LogP contribution in [0.25, 0.3) is 0 Å². The van der Waals surface area contributed by atoms with Gasteiger partial charge in [0.25, 0.3) is 5.91 Å². The van der Waals surface area contributed by atoms with Crippen LogP contribution in [0.5, 0.6) is 0 Å². The highest BCUT2D eigenvalue weighted by Crippen LogP contribution is 2.36. The number of carbonyl (C=O) groups is 1. The molecule has 0 atom stereocenters. The Morgan fingerprint density at radius 3 is 2.42 bits per heavy atom. The van der Waals surface area contributed by atoms with Crippen molar-refractivity contribution in [1.82, 2.24) is 9.88 Å². The number of piperidine rings is 1. The zero-order valence-corrected chi connectivity index (χ0v) is 17.8. The maximum atomic E-state index is 13.3. The van der Waals surface area contributed by atoms with E-state index >= 15 is 0 Å². The molecule has 0 saturated carbocycles. The fourth-order valence-electron chi connectivity index (χ4n) is 4.04. The van der Waals surface area contributed by atoms with Gasteiger partial charge < -0.3 is 14.4 Å². The van der Waals surface area contributed by atoms with Crippen molar-refractivity contribution in [3.05, 3.63) is 48.2 Å². The van der Waals surface area contributed by atoms with Gasteiger partial charge in [-0.2, -0.15) is 0 Å². The van der Waals surface area contributed by atoms with Crippen LogP contribution in [0.15, 0.2) is 52.6 Å². The third-order valence-corrected chi connectivity index (χ3v) is 7.44. The molecule has 3 aliphatic rings. The van der Waals surface area contributed by atoms with Crippen LogP contribution in [0.4, 0.5) is 11.5 Å². The van der Waals surface area contributed by atoms with Gasteiger partial charge in [0.2, 0.25) is 14.9 Å². The van der Waals surface area contributed by atoms with Gasteiger partial charge in [-0.25, -0.2) is 18.4 Å². The van der Waals surface area contributed by atoms with Gasteiger partial charge in [0, 0.05) is 32.1 Å². The third kappa shape index (κ3) is 3.40. The summed E-state index contributed by atoms with van der Waals surface area (Å²) in [7, 11) is -4.12. The highest BCUT2D eigenvalue weighted by Gasteiger charge is 2.45. The van der Waals surface area contributed by atoms with Gasteiger partial charge >= 0.3 is 0 Å². The second-order valence-corrected chi connectivity index (χ2v) is 9.61. The van der Waals surface area contributed by atoms with Crippen LogP contribution < -0.4 is 5.01 Å². The van der Waals surface area contributed by atoms with Crippen LogP contribution in [-0.2, 0) is 24.1 Å². The molecule has 0 N–H and O–H groups in total. The van der Waals surface area contributed by atoms with Gasteiger partial charge in [-0.15, -0.1) is 5.10 Å². The van der Waals surface area contributed by atoms with E-state index in [-0.39, 0.29) is 10.7 Å². The fourth-order valence-corrected chi connectivity index (χ4v) is 5.44. The molecule has 0 unspecified atom stereocenters. The quantitative estimate of drug-likeness (QED) is 0.701. The Balaban J connectivity index is 1.51. The number of carbonyl (C=O) groups excluding carboxylic acids is 1. The van der Waals surface area contributed by atoms with E-state index in [1.807, 2.05) is 31.2 Å². The normalized spacial score (nSPS) is 21.6. The van der Waals surface area contributed by atoms with Crippen molar-refractivity contribution in [3.8, 4) is 0 Å². The SMILES string of the molecule is Cc1ccc(N2N=C(C(=O)N3CCC4(CC3)OCCO4)S(=O)(=O)c3cccnc32)cc1. The molecule has 0 aliphatic carbocycles. The Hall–Kier alpha value is -2.82. The molecular formula is C21H22N4O5S. The predicted octanol–water partition coefficient (Wildman–Crippen LogP) is 1.99. The second kappa shape index (κ2) is 7.40. The first-order valence-corrected chi connectivity index (χ1v) is 11.6. The average Bonchev–Trinajstić information content (AvgIpc) is 3.23. The number of hydrazone groups is 1. The minimum absolute atomic E-state index is 0.0372. The van der Waals surface area contributed by atoms with Gasteiger partial charge in [-0.3, -0.25) is 4.79 Å². The highest BCUT2D eigenvalue weighted by molar-refractivity contribution is 8.08. The lowest BCUT2D eigenvalue weighted by Gasteiger charge is -2.38. The molecule has 2 fully saturated rings. The Labute approximate surface area is 180 Å². The monoisotopic (exact) mass is 442 g/mol. The summed E-state index contributed by atoms with van der Waals surface area (Å²) in [5, 5.41) is 5.20. The molecule has 1 aromatic carbocycles. The number of rotatable bonds is 2. The molecule has 9 nitrogen and oxygen atoms in total. The minimum atomic E-state index is -4.12. The van der Waals surface area contributed by atoms with Crippen LogP contribution in [-0.4, -0.2) is 61.3 Å². The van der Waals surface area contributed by atoms with E-state index in [9.17, 15) is 13.2 Å². The molecule has 1 spiro atoms. The summed E-state index contributed by atoms with van der Waals surface area (Å²) in [6.45, 7) is 3.68. The average molecular weight is 442 g/mol. The lowest BCUT2D eigenvalue weighted by Crippen LogP contribution is -2.51. The second-order valence-electron chi connectivity index (χ2n) is 7.78. The first-order chi connectivity index (χ1) is 14.9. The lowest BCUT2D eigenvalue weighted by atomic mass is 10.0. The van der Waals surface area contributed by atoms with Crippen molar-refractivity contribution in [3.63, 3.8) is 0 Å². The standard InChI is InChI=1S/C21H22N4O5S/c1-15-4-6-16(7-5-15)25-18-17(3-2-10-22-18)31(27,28)19(23-25)20(26)24-11-8-21(9-12-24)29-13-14-30-21/h2-7,10H,8-9,11-14H2,1H3. The van der Waals surface area contributed by atoms with Gasteiger partial charge in [0.05, 0.1) is 18.9 Å². The number of fused-ring (bicyclic) bond motifs is 1. The summed E-state index contributed by atoms with van der Waals surface area (Å²) in [6, 6.07) is 10.4. The number of aryl methyl sites for hydroxylation is 1. The number of ether oxygens (including phenoxy) is 2. The van der Waals surface area contributed by atoms with Crippen molar-refractivity contribution in [1.29, 1.82) is 0 Å². The Kier molecular flexibility index (Phi) is 4.80. The van der Waals surface area contributed by atoms with Crippen molar-refractivity contribution in [2.75, 3.05) is 31.3 Å². The molecule has 0 bridgehead atoms. The number of benzene rings is 1. The van der Waals surface area contributed by atoms with Crippen LogP contribution in [0.3, 0.4) is 0 Å². The maximum absolute atomic E-state index is 13.3. The topological polar surface area (TPSA) is 101 Å². The van der Waals surface area contributed by atoms with E-state index in [1.54, 1.807) is 0 Å². The van der Waals surface area contributed by atoms with E-state index in [0.717, 1.165) is 5.56 Å². The molecule has 4 heterocycles. The smallest absolute Gasteiger partial charge is 0.286 e. The Bertz CT molecular complexity index is 1150. The number of anilines is 2. The van der Waals surface area contributed by atoms with Crippen molar-refractivity contribution in [2.45, 2.75) is 30.4 Å². The van der Waals surface area contributed by atoms with E-state index in [1.165, 1.54) is 28.2 Å². The summed E-state index contributed by atoms with van der Waals surface area (Å²) in [5.74, 6) is -1.11. The summed E-state index contributed by atoms with van der Waals surface area (Å²) >= 11 is 0. The highest BCUT2D eigenvalue weighted by atomic mass is 32.2. The van der Waals surface area contributed by atoms with Crippen LogP contribution in [0.1, 0.15) is 18.4 Å². The van der Waals surface area contributed by atoms with Gasteiger partial charge in [0.1, 0.15) is 4.90 Å². The number of aromatic nitrogens is 1. The molecule has 3 aliphatic heterocycles. The molecule has 0 radical (unpaired) electrons. The summed E-state index contributed by atoms with van der Waals surface area (Å²) in [5.41, 5.74) is 1.67. The largest absolute Gasteiger partial charge is 0.347 e. The summed E-state index contributed by atoms with van der Waals surface area (Å²) < 4.78 is 38.0. The molecule has 10 heteroatoms. The van der Waals surface area contributed by atoms with Gasteiger partial charge in [-0.1, -0.05) is 17.7 Å². The zero-order chi connectivity index (χ0) is 21.6. The van der Waals surface area contributed by atoms with Crippen molar-refractivity contribution >= 4 is 32.3 Å². The minimum Gasteiger partial charge on any atom is -0.347 e. The number of nitrogens with zero attached hydrogens (tertiary/aromatic N) is 4. The molecular weight excluding hydrogens is 420 g/mol. The van der Waals surface area contributed by atoms with E-state index in [4.69, 9.17) is 9.47 Å². The number of hydrogen-bond donors (Lipinski definition) is 0. The van der Waals surface area contributed by atoms with Crippen molar-refractivity contribution < 1.29 is 22.7 Å². The molecule has 5 rings (SSSR count). The van der Waals surface area contributed by atoms with Gasteiger partial charge in [0.15, 0.2) is 11.6 Å². The van der Waals surface area contributed by atoms with Crippen molar-refractivity contribution in [2.24, 2.45) is 5.10 Å². The predicted molar refractivity (Wildman–Crippen MR) is 113 cm³/mol. The molecule has 2 saturated heterocycles. The van der Waals surface area contributed by atoms with E-state index in [2.05, 4.69) is 10.1 Å². The zero-order valence-electron chi connectivity index (χ0n) is 17.0. The molecule has 1 aromatic heterocycles. The first-order valence-electron chi connectivity index (χ1n) is 10.1. The fraction of sp³-hybridized carbons (Fsp3) is 0.381. The number of hydrogen-bond acceptors (Lipinski definition) is 8. The molecule has 31 heavy (non-hydrogen) atoms. The van der Waals surface area contributed by atoms with Gasteiger partial charge in [-0.05, 0) is 31.2 Å². The molecule has 2 aromatic rings. The summed E-state index contributed by atoms with van der Waals surface area (Å²) in [6.07, 6.45) is 2.49. The number of likely N-dealkylation sites (tertiary alicyclic amines) is 1. The molecule has 162 valence electrons. The number of pyridine rings is 1. The van der Waals surface area contributed by atoms with Crippen LogP contribution >= 0.6 is 0 Å². The third-order valence-electron chi connectivity index (χ3n) is 5.77. The Morgan fingerprint density at radius 1 is 1.06 bits per heavy atom. The summed E-state index contributed by atoms with van der Waals surface area (Å²) in [4.78, 5) is 19.0. The maximum Gasteiger partial charge on any atom is 0.286 e. The lowest BCUT2D eigenvalue weighted by molar-refractivity contribution is -0.185. The van der Waals surface area contributed by atoms with E-state index < -0.39 is 26.6 Å². The Morgan fingerprint density at radius 2 is 1.74 bits per heavy atom. The van der Waals surface area contributed by atoms with Crippen LogP contribution in [0, 0.1) is 6.92 Å². The molecule has 1 amide bonds. The van der Waals surface area contributed by atoms with Crippen LogP contribution in [0.2, 0.25) is 0 Å². The van der Waals surface area contributed by atoms with E-state index in [0.29, 0.717) is 44.8 Å². The number of sulfone groups is 1.